The number of esters is 2. The number of phosphoric acid groups is 1. The molecular formula is C34H65O10P. The zero-order valence-corrected chi connectivity index (χ0v) is 29.3. The molecule has 4 N–H and O–H groups in total. The Labute approximate surface area is 272 Å². The quantitative estimate of drug-likeness (QED) is 0.0250. The molecule has 0 saturated carbocycles. The highest BCUT2D eigenvalue weighted by atomic mass is 31.2. The molecule has 0 heterocycles. The van der Waals surface area contributed by atoms with Crippen molar-refractivity contribution < 1.29 is 48.2 Å². The monoisotopic (exact) mass is 664 g/mol. The molecule has 0 spiro atoms. The summed E-state index contributed by atoms with van der Waals surface area (Å²) in [5, 5.41) is 20.3. The Balaban J connectivity index is 4.15. The first-order chi connectivity index (χ1) is 21.5. The van der Waals surface area contributed by atoms with E-state index in [0.717, 1.165) is 63.7 Å². The number of carbonyl (C=O) groups is 2. The highest BCUT2D eigenvalue weighted by Crippen LogP contribution is 2.36. The molecule has 0 amide bonds. The van der Waals surface area contributed by atoms with Crippen LogP contribution in [0, 0.1) is 5.92 Å². The minimum atomic E-state index is -4.78. The lowest BCUT2D eigenvalue weighted by Crippen LogP contribution is -2.29. The fourth-order valence-electron chi connectivity index (χ4n) is 4.84. The summed E-state index contributed by atoms with van der Waals surface area (Å²) < 4.78 is 26.1. The maximum Gasteiger partial charge on any atom is 0.469 e. The molecule has 266 valence electrons. The van der Waals surface area contributed by atoms with Gasteiger partial charge < -0.3 is 29.5 Å². The Morgan fingerprint density at radius 3 is 1.89 bits per heavy atom. The van der Waals surface area contributed by atoms with Crippen molar-refractivity contribution in [3.05, 3.63) is 12.2 Å². The van der Waals surface area contributed by atoms with Gasteiger partial charge in [-0.15, -0.1) is 0 Å². The first-order valence-corrected chi connectivity index (χ1v) is 19.1. The van der Waals surface area contributed by atoms with Gasteiger partial charge >= 0.3 is 19.8 Å². The number of aliphatic hydroxyl groups excluding tert-OH is 2. The van der Waals surface area contributed by atoms with Crippen molar-refractivity contribution in [2.45, 2.75) is 174 Å². The van der Waals surface area contributed by atoms with Gasteiger partial charge in [0.2, 0.25) is 0 Å². The van der Waals surface area contributed by atoms with Crippen molar-refractivity contribution in [3.63, 3.8) is 0 Å². The number of unbranched alkanes of at least 4 members (excludes halogenated alkanes) is 12. The number of hydrogen-bond acceptors (Lipinski definition) is 8. The van der Waals surface area contributed by atoms with Gasteiger partial charge in [-0.3, -0.25) is 14.1 Å². The van der Waals surface area contributed by atoms with Gasteiger partial charge in [0, 0.05) is 12.8 Å². The molecule has 4 atom stereocenters. The van der Waals surface area contributed by atoms with Crippen molar-refractivity contribution in [3.8, 4) is 0 Å². The fourth-order valence-corrected chi connectivity index (χ4v) is 5.20. The minimum absolute atomic E-state index is 0.115. The van der Waals surface area contributed by atoms with Gasteiger partial charge in [0.15, 0.2) is 6.10 Å². The molecule has 0 aromatic heterocycles. The van der Waals surface area contributed by atoms with Gasteiger partial charge in [-0.2, -0.15) is 0 Å². The van der Waals surface area contributed by atoms with Crippen molar-refractivity contribution in [1.82, 2.24) is 0 Å². The van der Waals surface area contributed by atoms with Crippen LogP contribution in [0.3, 0.4) is 0 Å². The highest BCUT2D eigenvalue weighted by Gasteiger charge is 2.23. The zero-order chi connectivity index (χ0) is 33.8. The number of aliphatic hydroxyl groups is 2. The molecule has 11 heteroatoms. The summed E-state index contributed by atoms with van der Waals surface area (Å²) >= 11 is 0. The van der Waals surface area contributed by atoms with Crippen molar-refractivity contribution in [1.29, 1.82) is 0 Å². The summed E-state index contributed by atoms with van der Waals surface area (Å²) in [6.07, 6.45) is 19.8. The van der Waals surface area contributed by atoms with Crippen molar-refractivity contribution in [2.24, 2.45) is 5.92 Å². The van der Waals surface area contributed by atoms with E-state index in [0.29, 0.717) is 25.7 Å². The molecule has 0 fully saturated rings. The van der Waals surface area contributed by atoms with Crippen LogP contribution in [-0.4, -0.2) is 63.5 Å². The third-order valence-electron chi connectivity index (χ3n) is 8.03. The van der Waals surface area contributed by atoms with Gasteiger partial charge in [0.25, 0.3) is 0 Å². The van der Waals surface area contributed by atoms with E-state index in [9.17, 15) is 24.4 Å². The summed E-state index contributed by atoms with van der Waals surface area (Å²) in [6, 6.07) is 0. The molecule has 0 aliphatic rings. The van der Waals surface area contributed by atoms with Gasteiger partial charge in [0.05, 0.1) is 18.8 Å². The average molecular weight is 665 g/mol. The molecule has 0 bridgehead atoms. The van der Waals surface area contributed by atoms with E-state index in [-0.39, 0.29) is 19.4 Å². The summed E-state index contributed by atoms with van der Waals surface area (Å²) in [5.74, 6) is -0.225. The SMILES string of the molecule is CCCCC/C=C\C[C@H](O)[C@@H](O)CCCCCCCC(=O)O[C@H](COC(=O)CCCCCCCCC(C)CC)COP(=O)(O)O. The number of carbonyl (C=O) groups excluding carboxylic acids is 2. The van der Waals surface area contributed by atoms with Gasteiger partial charge in [0.1, 0.15) is 6.61 Å². The first-order valence-electron chi connectivity index (χ1n) is 17.5. The standard InChI is InChI=1S/C34H65O10P/c1-4-6-7-8-13-18-23-31(35)32(36)24-19-14-11-16-21-26-34(38)44-30(28-43-45(39,40)41)27-42-33(37)25-20-15-10-9-12-17-22-29(3)5-2/h13,18,29-32,35-36H,4-12,14-17,19-28H2,1-3H3,(H2,39,40,41)/b18-13-/t29?,30-,31+,32+/m1/s1. The summed E-state index contributed by atoms with van der Waals surface area (Å²) in [5.41, 5.74) is 0. The van der Waals surface area contributed by atoms with Crippen LogP contribution in [0.25, 0.3) is 0 Å². The van der Waals surface area contributed by atoms with Crippen LogP contribution in [0.2, 0.25) is 0 Å². The zero-order valence-electron chi connectivity index (χ0n) is 28.4. The molecule has 0 saturated heterocycles. The Morgan fingerprint density at radius 2 is 1.29 bits per heavy atom. The topological polar surface area (TPSA) is 160 Å². The summed E-state index contributed by atoms with van der Waals surface area (Å²) in [6.45, 7) is 5.74. The van der Waals surface area contributed by atoms with Gasteiger partial charge in [-0.1, -0.05) is 116 Å². The first kappa shape index (κ1) is 43.7. The maximum absolute atomic E-state index is 12.3. The van der Waals surface area contributed by atoms with E-state index in [1.54, 1.807) is 0 Å². The molecule has 0 radical (unpaired) electrons. The number of phosphoric ester groups is 1. The normalized spacial score (nSPS) is 14.7. The summed E-state index contributed by atoms with van der Waals surface area (Å²) in [4.78, 5) is 42.5. The van der Waals surface area contributed by atoms with Crippen molar-refractivity contribution in [2.75, 3.05) is 13.2 Å². The molecule has 0 aromatic carbocycles. The van der Waals surface area contributed by atoms with E-state index >= 15 is 0 Å². The second kappa shape index (κ2) is 28.9. The lowest BCUT2D eigenvalue weighted by molar-refractivity contribution is -0.161. The van der Waals surface area contributed by atoms with Crippen molar-refractivity contribution >= 4 is 19.8 Å². The lowest BCUT2D eigenvalue weighted by atomic mass is 10.00. The highest BCUT2D eigenvalue weighted by molar-refractivity contribution is 7.46. The second-order valence-corrected chi connectivity index (χ2v) is 13.6. The number of hydrogen-bond donors (Lipinski definition) is 4. The van der Waals surface area contributed by atoms with Gasteiger partial charge in [-0.25, -0.2) is 4.57 Å². The smallest absolute Gasteiger partial charge is 0.462 e. The Bertz CT molecular complexity index is 800. The molecule has 0 aliphatic heterocycles. The number of ether oxygens (including phenoxy) is 2. The van der Waals surface area contributed by atoms with Crippen LogP contribution in [0.15, 0.2) is 12.2 Å². The predicted molar refractivity (Wildman–Crippen MR) is 177 cm³/mol. The van der Waals surface area contributed by atoms with Crippen LogP contribution >= 0.6 is 7.82 Å². The maximum atomic E-state index is 12.3. The van der Waals surface area contributed by atoms with Crippen LogP contribution in [0.5, 0.6) is 0 Å². The largest absolute Gasteiger partial charge is 0.469 e. The average Bonchev–Trinajstić information content (AvgIpc) is 3.00. The second-order valence-electron chi connectivity index (χ2n) is 12.4. The Morgan fingerprint density at radius 1 is 0.711 bits per heavy atom. The Hall–Kier alpha value is -1.29. The molecular weight excluding hydrogens is 599 g/mol. The van der Waals surface area contributed by atoms with E-state index < -0.39 is 44.7 Å². The van der Waals surface area contributed by atoms with E-state index in [4.69, 9.17) is 19.3 Å². The number of allylic oxidation sites excluding steroid dienone is 1. The Kier molecular flexibility index (Phi) is 28.1. The van der Waals surface area contributed by atoms with Crippen LogP contribution in [0.1, 0.15) is 156 Å². The third-order valence-corrected chi connectivity index (χ3v) is 8.51. The van der Waals surface area contributed by atoms with Crippen LogP contribution in [0.4, 0.5) is 0 Å². The molecule has 10 nitrogen and oxygen atoms in total. The number of rotatable bonds is 31. The fraction of sp³-hybridized carbons (Fsp3) is 0.882. The van der Waals surface area contributed by atoms with Crippen LogP contribution in [-0.2, 0) is 28.2 Å². The summed E-state index contributed by atoms with van der Waals surface area (Å²) in [7, 11) is -4.78. The third kappa shape index (κ3) is 29.8. The van der Waals surface area contributed by atoms with E-state index in [1.165, 1.54) is 38.5 Å². The molecule has 0 aliphatic carbocycles. The van der Waals surface area contributed by atoms with Crippen LogP contribution < -0.4 is 0 Å². The van der Waals surface area contributed by atoms with Gasteiger partial charge in [-0.05, 0) is 44.4 Å². The molecule has 45 heavy (non-hydrogen) atoms. The molecule has 1 unspecified atom stereocenters. The van der Waals surface area contributed by atoms with E-state index in [1.807, 2.05) is 6.08 Å². The predicted octanol–water partition coefficient (Wildman–Crippen LogP) is 7.70. The molecule has 0 aromatic rings. The lowest BCUT2D eigenvalue weighted by Gasteiger charge is -2.18. The molecule has 0 rings (SSSR count). The van der Waals surface area contributed by atoms with E-state index in [2.05, 4.69) is 31.4 Å². The minimum Gasteiger partial charge on any atom is -0.462 e.